The highest BCUT2D eigenvalue weighted by atomic mass is 32.2. The topological polar surface area (TPSA) is 58.2 Å². The van der Waals surface area contributed by atoms with Crippen LogP contribution >= 0.6 is 0 Å². The Bertz CT molecular complexity index is 474. The Morgan fingerprint density at radius 2 is 2.06 bits per heavy atom. The van der Waals surface area contributed by atoms with E-state index in [0.29, 0.717) is 6.54 Å². The van der Waals surface area contributed by atoms with Crippen LogP contribution in [0.2, 0.25) is 0 Å². The van der Waals surface area contributed by atoms with Gasteiger partial charge in [-0.05, 0) is 37.7 Å². The van der Waals surface area contributed by atoms with Crippen molar-refractivity contribution in [1.29, 1.82) is 0 Å². The summed E-state index contributed by atoms with van der Waals surface area (Å²) in [4.78, 5) is -0.309. The lowest BCUT2D eigenvalue weighted by Crippen LogP contribution is -2.21. The Morgan fingerprint density at radius 1 is 1.35 bits per heavy atom. The second-order valence-corrected chi connectivity index (χ2v) is 5.50. The minimum atomic E-state index is -3.73. The molecule has 0 saturated heterocycles. The molecule has 0 atom stereocenters. The van der Waals surface area contributed by atoms with Crippen molar-refractivity contribution in [1.82, 2.24) is 10.0 Å². The molecule has 0 unspecified atom stereocenters. The molecule has 0 radical (unpaired) electrons. The molecular formula is C11H17FN2O2S. The molecule has 4 nitrogen and oxygen atoms in total. The van der Waals surface area contributed by atoms with Crippen LogP contribution in [0.4, 0.5) is 4.39 Å². The highest BCUT2D eigenvalue weighted by Gasteiger charge is 2.17. The molecule has 1 rings (SSSR count). The molecule has 0 aliphatic heterocycles. The molecule has 0 aliphatic rings. The first-order valence-electron chi connectivity index (χ1n) is 5.44. The van der Waals surface area contributed by atoms with Gasteiger partial charge in [-0.1, -0.05) is 13.0 Å². The van der Waals surface area contributed by atoms with Crippen molar-refractivity contribution >= 4 is 10.0 Å². The summed E-state index contributed by atoms with van der Waals surface area (Å²) < 4.78 is 38.6. The van der Waals surface area contributed by atoms with Crippen molar-refractivity contribution in [2.24, 2.45) is 0 Å². The van der Waals surface area contributed by atoms with Crippen molar-refractivity contribution in [2.45, 2.75) is 24.8 Å². The minimum Gasteiger partial charge on any atom is -0.313 e. The van der Waals surface area contributed by atoms with Crippen LogP contribution in [0.3, 0.4) is 0 Å². The summed E-state index contributed by atoms with van der Waals surface area (Å²) in [6, 6.07) is 4.10. The van der Waals surface area contributed by atoms with Crippen LogP contribution < -0.4 is 10.0 Å². The standard InChI is InChI=1S/C11H17FN2O2S/c1-3-6-14-8-9-4-5-10(12)11(7-9)17(15,16)13-2/h4-5,7,13-14H,3,6,8H2,1-2H3. The monoisotopic (exact) mass is 260 g/mol. The molecule has 1 aromatic rings. The number of rotatable bonds is 6. The van der Waals surface area contributed by atoms with E-state index < -0.39 is 15.8 Å². The van der Waals surface area contributed by atoms with Gasteiger partial charge >= 0.3 is 0 Å². The molecule has 2 N–H and O–H groups in total. The second-order valence-electron chi connectivity index (χ2n) is 3.65. The minimum absolute atomic E-state index is 0.309. The predicted molar refractivity (Wildman–Crippen MR) is 64.6 cm³/mol. The van der Waals surface area contributed by atoms with Crippen LogP contribution in [0.5, 0.6) is 0 Å². The molecule has 1 aromatic carbocycles. The Kier molecular flexibility index (Phi) is 5.04. The summed E-state index contributed by atoms with van der Waals surface area (Å²) in [5.41, 5.74) is 0.744. The van der Waals surface area contributed by atoms with Crippen molar-refractivity contribution in [3.05, 3.63) is 29.6 Å². The fourth-order valence-electron chi connectivity index (χ4n) is 1.38. The number of nitrogens with one attached hydrogen (secondary N) is 2. The van der Waals surface area contributed by atoms with E-state index in [1.165, 1.54) is 19.2 Å². The van der Waals surface area contributed by atoms with E-state index in [9.17, 15) is 12.8 Å². The van der Waals surface area contributed by atoms with Gasteiger partial charge in [0.05, 0.1) is 0 Å². The van der Waals surface area contributed by atoms with Gasteiger partial charge in [0.2, 0.25) is 10.0 Å². The summed E-state index contributed by atoms with van der Waals surface area (Å²) in [5.74, 6) is -0.737. The number of hydrogen-bond acceptors (Lipinski definition) is 3. The van der Waals surface area contributed by atoms with Gasteiger partial charge in [-0.3, -0.25) is 0 Å². The zero-order valence-corrected chi connectivity index (χ0v) is 10.8. The quantitative estimate of drug-likeness (QED) is 0.756. The van der Waals surface area contributed by atoms with Gasteiger partial charge in [-0.15, -0.1) is 0 Å². The summed E-state index contributed by atoms with van der Waals surface area (Å²) in [6.45, 7) is 3.40. The smallest absolute Gasteiger partial charge is 0.243 e. The highest BCUT2D eigenvalue weighted by molar-refractivity contribution is 7.89. The van der Waals surface area contributed by atoms with Gasteiger partial charge in [0.15, 0.2) is 0 Å². The number of halogens is 1. The third-order valence-electron chi connectivity index (χ3n) is 2.31. The molecular weight excluding hydrogens is 243 g/mol. The van der Waals surface area contributed by atoms with Crippen LogP contribution in [-0.4, -0.2) is 22.0 Å². The molecule has 6 heteroatoms. The summed E-state index contributed by atoms with van der Waals surface area (Å²) in [6.07, 6.45) is 0.989. The number of sulfonamides is 1. The normalized spacial score (nSPS) is 11.7. The molecule has 0 aliphatic carbocycles. The molecule has 0 bridgehead atoms. The average molecular weight is 260 g/mol. The van der Waals surface area contributed by atoms with E-state index in [4.69, 9.17) is 0 Å². The first kappa shape index (κ1) is 14.1. The SMILES string of the molecule is CCCNCc1ccc(F)c(S(=O)(=O)NC)c1. The van der Waals surface area contributed by atoms with E-state index in [-0.39, 0.29) is 4.90 Å². The third-order valence-corrected chi connectivity index (χ3v) is 3.74. The maximum atomic E-state index is 13.4. The molecule has 0 aromatic heterocycles. The van der Waals surface area contributed by atoms with Gasteiger partial charge in [0.25, 0.3) is 0 Å². The molecule has 0 amide bonds. The zero-order chi connectivity index (χ0) is 12.9. The van der Waals surface area contributed by atoms with Gasteiger partial charge in [0, 0.05) is 6.54 Å². The fourth-order valence-corrected chi connectivity index (χ4v) is 2.23. The highest BCUT2D eigenvalue weighted by Crippen LogP contribution is 2.15. The van der Waals surface area contributed by atoms with E-state index in [0.717, 1.165) is 18.5 Å². The number of hydrogen-bond donors (Lipinski definition) is 2. The van der Waals surface area contributed by atoms with Gasteiger partial charge in [0.1, 0.15) is 10.7 Å². The molecule has 0 heterocycles. The van der Waals surface area contributed by atoms with E-state index in [1.54, 1.807) is 6.07 Å². The molecule has 0 spiro atoms. The molecule has 0 saturated carbocycles. The Labute approximate surface area is 101 Å². The van der Waals surface area contributed by atoms with Crippen LogP contribution in [0, 0.1) is 5.82 Å². The van der Waals surface area contributed by atoms with Crippen molar-refractivity contribution < 1.29 is 12.8 Å². The van der Waals surface area contributed by atoms with E-state index >= 15 is 0 Å². The third kappa shape index (κ3) is 3.76. The summed E-state index contributed by atoms with van der Waals surface area (Å²) in [7, 11) is -2.47. The van der Waals surface area contributed by atoms with Crippen LogP contribution in [0.25, 0.3) is 0 Å². The fraction of sp³-hybridized carbons (Fsp3) is 0.455. The summed E-state index contributed by atoms with van der Waals surface area (Å²) >= 11 is 0. The van der Waals surface area contributed by atoms with Crippen LogP contribution in [-0.2, 0) is 16.6 Å². The maximum absolute atomic E-state index is 13.4. The van der Waals surface area contributed by atoms with Crippen molar-refractivity contribution in [3.8, 4) is 0 Å². The molecule has 17 heavy (non-hydrogen) atoms. The lowest BCUT2D eigenvalue weighted by atomic mass is 10.2. The Balaban J connectivity index is 2.95. The first-order chi connectivity index (χ1) is 8.01. The van der Waals surface area contributed by atoms with E-state index in [1.807, 2.05) is 6.92 Å². The second kappa shape index (κ2) is 6.09. The summed E-state index contributed by atoms with van der Waals surface area (Å²) in [5, 5.41) is 3.13. The largest absolute Gasteiger partial charge is 0.313 e. The Morgan fingerprint density at radius 3 is 2.65 bits per heavy atom. The van der Waals surface area contributed by atoms with E-state index in [2.05, 4.69) is 10.0 Å². The van der Waals surface area contributed by atoms with Crippen LogP contribution in [0.1, 0.15) is 18.9 Å². The number of benzene rings is 1. The predicted octanol–water partition coefficient (Wildman–Crippen LogP) is 1.23. The molecule has 0 fully saturated rings. The van der Waals surface area contributed by atoms with Crippen molar-refractivity contribution in [2.75, 3.05) is 13.6 Å². The lowest BCUT2D eigenvalue weighted by Gasteiger charge is -2.08. The van der Waals surface area contributed by atoms with Gasteiger partial charge in [-0.25, -0.2) is 17.5 Å². The average Bonchev–Trinajstić information content (AvgIpc) is 2.31. The van der Waals surface area contributed by atoms with Gasteiger partial charge in [-0.2, -0.15) is 0 Å². The zero-order valence-electron chi connectivity index (χ0n) is 9.96. The molecule has 96 valence electrons. The Hall–Kier alpha value is -0.980. The van der Waals surface area contributed by atoms with Gasteiger partial charge < -0.3 is 5.32 Å². The van der Waals surface area contributed by atoms with Crippen molar-refractivity contribution in [3.63, 3.8) is 0 Å². The first-order valence-corrected chi connectivity index (χ1v) is 6.92. The lowest BCUT2D eigenvalue weighted by molar-refractivity contribution is 0.559. The van der Waals surface area contributed by atoms with Crippen LogP contribution in [0.15, 0.2) is 23.1 Å². The maximum Gasteiger partial charge on any atom is 0.243 e.